The topological polar surface area (TPSA) is 59.1 Å². The lowest BCUT2D eigenvalue weighted by Gasteiger charge is -2.33. The van der Waals surface area contributed by atoms with Gasteiger partial charge in [-0.3, -0.25) is 9.69 Å². The van der Waals surface area contributed by atoms with Crippen molar-refractivity contribution in [2.45, 2.75) is 6.92 Å². The summed E-state index contributed by atoms with van der Waals surface area (Å²) < 4.78 is 23.5. The second kappa shape index (κ2) is 7.63. The van der Waals surface area contributed by atoms with Crippen LogP contribution in [0.3, 0.4) is 0 Å². The molecule has 24 heavy (non-hydrogen) atoms. The third-order valence-electron chi connectivity index (χ3n) is 3.59. The van der Waals surface area contributed by atoms with Crippen molar-refractivity contribution in [3.8, 4) is 0 Å². The van der Waals surface area contributed by atoms with Gasteiger partial charge in [0.2, 0.25) is 12.3 Å². The van der Waals surface area contributed by atoms with Gasteiger partial charge in [-0.25, -0.2) is 9.18 Å². The fraction of sp³-hybridized carbons (Fsp3) is 0.294. The van der Waals surface area contributed by atoms with Gasteiger partial charge < -0.3 is 14.4 Å². The molecule has 0 aromatic heterocycles. The minimum atomic E-state index is -0.472. The third kappa shape index (κ3) is 3.73. The minimum absolute atomic E-state index is 0.272. The van der Waals surface area contributed by atoms with Crippen LogP contribution in [0.2, 0.25) is 0 Å². The molecule has 0 N–H and O–H groups in total. The Morgan fingerprint density at radius 2 is 2.04 bits per heavy atom. The van der Waals surface area contributed by atoms with E-state index in [0.29, 0.717) is 36.5 Å². The van der Waals surface area contributed by atoms with Gasteiger partial charge in [0.1, 0.15) is 12.4 Å². The number of amides is 1. The van der Waals surface area contributed by atoms with E-state index in [4.69, 9.17) is 9.47 Å². The van der Waals surface area contributed by atoms with E-state index in [1.165, 1.54) is 36.3 Å². The van der Waals surface area contributed by atoms with E-state index in [0.717, 1.165) is 0 Å². The molecular formula is C17H19FN2O4. The van der Waals surface area contributed by atoms with E-state index in [1.807, 2.05) is 11.9 Å². The Bertz CT molecular complexity index is 682. The summed E-state index contributed by atoms with van der Waals surface area (Å²) in [6, 6.07) is 5.47. The van der Waals surface area contributed by atoms with Crippen LogP contribution >= 0.6 is 0 Å². The SMILES string of the molecule is COC(=O)/C(C)=C/C1=C(N(C=O)c2ccc(F)cc2)OCCN1C. The van der Waals surface area contributed by atoms with Gasteiger partial charge in [-0.15, -0.1) is 0 Å². The molecule has 1 aromatic rings. The highest BCUT2D eigenvalue weighted by molar-refractivity contribution is 5.88. The van der Waals surface area contributed by atoms with Crippen LogP contribution in [0.1, 0.15) is 6.92 Å². The summed E-state index contributed by atoms with van der Waals surface area (Å²) in [7, 11) is 3.12. The van der Waals surface area contributed by atoms with Crippen molar-refractivity contribution in [2.24, 2.45) is 0 Å². The van der Waals surface area contributed by atoms with E-state index in [-0.39, 0.29) is 5.88 Å². The van der Waals surface area contributed by atoms with Gasteiger partial charge >= 0.3 is 5.97 Å². The zero-order chi connectivity index (χ0) is 17.7. The molecule has 128 valence electrons. The predicted molar refractivity (Wildman–Crippen MR) is 86.3 cm³/mol. The number of allylic oxidation sites excluding steroid dienone is 1. The van der Waals surface area contributed by atoms with Gasteiger partial charge in [-0.05, 0) is 37.3 Å². The Morgan fingerprint density at radius 3 is 2.62 bits per heavy atom. The van der Waals surface area contributed by atoms with Crippen molar-refractivity contribution in [1.82, 2.24) is 4.90 Å². The van der Waals surface area contributed by atoms with Crippen LogP contribution in [0.4, 0.5) is 10.1 Å². The van der Waals surface area contributed by atoms with Crippen molar-refractivity contribution < 1.29 is 23.5 Å². The molecule has 0 bridgehead atoms. The quantitative estimate of drug-likeness (QED) is 0.468. The van der Waals surface area contributed by atoms with Gasteiger partial charge in [0, 0.05) is 12.6 Å². The van der Waals surface area contributed by atoms with Gasteiger partial charge in [-0.1, -0.05) is 0 Å². The highest BCUT2D eigenvalue weighted by Gasteiger charge is 2.24. The number of ether oxygens (including phenoxy) is 2. The molecule has 0 fully saturated rings. The van der Waals surface area contributed by atoms with Crippen molar-refractivity contribution >= 4 is 18.1 Å². The number of methoxy groups -OCH3 is 1. The number of hydrogen-bond donors (Lipinski definition) is 0. The molecule has 0 atom stereocenters. The number of hydrogen-bond acceptors (Lipinski definition) is 5. The molecule has 1 aromatic carbocycles. The smallest absolute Gasteiger partial charge is 0.333 e. The molecule has 1 aliphatic rings. The maximum atomic E-state index is 13.1. The lowest BCUT2D eigenvalue weighted by molar-refractivity contribution is -0.136. The number of nitrogens with zero attached hydrogens (tertiary/aromatic N) is 2. The van der Waals surface area contributed by atoms with Gasteiger partial charge in [-0.2, -0.15) is 0 Å². The van der Waals surface area contributed by atoms with Crippen molar-refractivity contribution in [1.29, 1.82) is 0 Å². The number of carbonyl (C=O) groups excluding carboxylic acids is 2. The first-order chi connectivity index (χ1) is 11.5. The molecule has 0 saturated heterocycles. The van der Waals surface area contributed by atoms with Crippen LogP contribution in [0, 0.1) is 5.82 Å². The lowest BCUT2D eigenvalue weighted by Crippen LogP contribution is -2.35. The first-order valence-corrected chi connectivity index (χ1v) is 7.33. The van der Waals surface area contributed by atoms with E-state index in [1.54, 1.807) is 13.0 Å². The van der Waals surface area contributed by atoms with Crippen LogP contribution in [0.15, 0.2) is 47.5 Å². The van der Waals surface area contributed by atoms with Crippen LogP contribution in [-0.2, 0) is 19.1 Å². The number of carbonyl (C=O) groups is 2. The first kappa shape index (κ1) is 17.5. The summed E-state index contributed by atoms with van der Waals surface area (Å²) in [5, 5.41) is 0. The minimum Gasteiger partial charge on any atom is -0.475 e. The number of benzene rings is 1. The average molecular weight is 334 g/mol. The van der Waals surface area contributed by atoms with E-state index in [9.17, 15) is 14.0 Å². The molecule has 1 heterocycles. The Morgan fingerprint density at radius 1 is 1.38 bits per heavy atom. The summed E-state index contributed by atoms with van der Waals surface area (Å²) in [6.07, 6.45) is 2.18. The van der Waals surface area contributed by atoms with Gasteiger partial charge in [0.05, 0.1) is 25.0 Å². The standard InChI is InChI=1S/C17H19FN2O4/c1-12(17(22)23-3)10-15-16(24-9-8-19(15)2)20(11-21)14-6-4-13(18)5-7-14/h4-7,10-11H,8-9H2,1-3H3/b12-10+. The largest absolute Gasteiger partial charge is 0.475 e. The zero-order valence-electron chi connectivity index (χ0n) is 13.8. The summed E-state index contributed by atoms with van der Waals surface area (Å²) in [5.74, 6) is -0.601. The molecule has 0 spiro atoms. The number of anilines is 1. The molecule has 6 nitrogen and oxygen atoms in total. The number of likely N-dealkylation sites (N-methyl/N-ethyl adjacent to an activating group) is 1. The molecule has 0 aliphatic carbocycles. The van der Waals surface area contributed by atoms with Crippen LogP contribution < -0.4 is 4.90 Å². The molecule has 0 unspecified atom stereocenters. The molecule has 0 saturated carbocycles. The lowest BCUT2D eigenvalue weighted by atomic mass is 10.2. The maximum absolute atomic E-state index is 13.1. The van der Waals surface area contributed by atoms with E-state index < -0.39 is 11.8 Å². The Kier molecular flexibility index (Phi) is 5.57. The number of halogens is 1. The van der Waals surface area contributed by atoms with E-state index in [2.05, 4.69) is 0 Å². The Labute approximate surface area is 139 Å². The third-order valence-corrected chi connectivity index (χ3v) is 3.59. The highest BCUT2D eigenvalue weighted by atomic mass is 19.1. The first-order valence-electron chi connectivity index (χ1n) is 7.33. The maximum Gasteiger partial charge on any atom is 0.333 e. The van der Waals surface area contributed by atoms with E-state index >= 15 is 0 Å². The summed E-state index contributed by atoms with van der Waals surface area (Å²) in [5.41, 5.74) is 1.38. The monoisotopic (exact) mass is 334 g/mol. The fourth-order valence-electron chi connectivity index (χ4n) is 2.25. The summed E-state index contributed by atoms with van der Waals surface area (Å²) >= 11 is 0. The molecule has 0 radical (unpaired) electrons. The predicted octanol–water partition coefficient (Wildman–Crippen LogP) is 2.04. The van der Waals surface area contributed by atoms with Crippen LogP contribution in [0.25, 0.3) is 0 Å². The summed E-state index contributed by atoms with van der Waals surface area (Å²) in [6.45, 7) is 2.59. The summed E-state index contributed by atoms with van der Waals surface area (Å²) in [4.78, 5) is 26.4. The Balaban J connectivity index is 2.50. The Hall–Kier alpha value is -2.83. The molecule has 1 amide bonds. The van der Waals surface area contributed by atoms with Crippen molar-refractivity contribution in [2.75, 3.05) is 32.2 Å². The van der Waals surface area contributed by atoms with Crippen molar-refractivity contribution in [3.63, 3.8) is 0 Å². The molecule has 7 heteroatoms. The second-order valence-corrected chi connectivity index (χ2v) is 5.23. The van der Waals surface area contributed by atoms with Crippen LogP contribution in [0.5, 0.6) is 0 Å². The number of esters is 1. The molecular weight excluding hydrogens is 315 g/mol. The van der Waals surface area contributed by atoms with Gasteiger partial charge in [0.25, 0.3) is 0 Å². The average Bonchev–Trinajstić information content (AvgIpc) is 2.59. The molecule has 2 rings (SSSR count). The number of rotatable bonds is 5. The van der Waals surface area contributed by atoms with Crippen molar-refractivity contribution in [3.05, 3.63) is 53.3 Å². The highest BCUT2D eigenvalue weighted by Crippen LogP contribution is 2.26. The fourth-order valence-corrected chi connectivity index (χ4v) is 2.25. The second-order valence-electron chi connectivity index (χ2n) is 5.23. The van der Waals surface area contributed by atoms with Crippen LogP contribution in [-0.4, -0.2) is 44.6 Å². The molecule has 1 aliphatic heterocycles. The normalized spacial score (nSPS) is 15.0. The van der Waals surface area contributed by atoms with Gasteiger partial charge in [0.15, 0.2) is 0 Å². The zero-order valence-corrected chi connectivity index (χ0v) is 13.8.